The van der Waals surface area contributed by atoms with Crippen LogP contribution in [0.5, 0.6) is 5.75 Å². The first kappa shape index (κ1) is 29.5. The van der Waals surface area contributed by atoms with Crippen molar-refractivity contribution >= 4 is 23.0 Å². The van der Waals surface area contributed by atoms with Crippen LogP contribution in [0.3, 0.4) is 0 Å². The molecule has 0 amide bonds. The van der Waals surface area contributed by atoms with E-state index in [4.69, 9.17) is 13.8 Å². The van der Waals surface area contributed by atoms with Crippen LogP contribution >= 0.6 is 7.06 Å². The van der Waals surface area contributed by atoms with Crippen LogP contribution in [0.2, 0.25) is 0 Å². The number of hydrogen-bond acceptors (Lipinski definition) is 3. The summed E-state index contributed by atoms with van der Waals surface area (Å²) in [6.07, 6.45) is -25.7. The number of benzene rings is 3. The van der Waals surface area contributed by atoms with Crippen molar-refractivity contribution in [2.75, 3.05) is 7.11 Å². The minimum absolute atomic E-state index is 0.0683. The summed E-state index contributed by atoms with van der Waals surface area (Å²) in [5.41, 5.74) is -14.3. The molecule has 0 saturated heterocycles. The molecule has 1 spiro atoms. The van der Waals surface area contributed by atoms with Crippen LogP contribution in [0.4, 0.5) is 52.7 Å². The number of methoxy groups -OCH3 is 1. The molecule has 16 heteroatoms. The van der Waals surface area contributed by atoms with Gasteiger partial charge in [0.15, 0.2) is 0 Å². The first-order valence-corrected chi connectivity index (χ1v) is 13.4. The van der Waals surface area contributed by atoms with E-state index in [1.54, 1.807) is 0 Å². The Hall–Kier alpha value is -3.03. The summed E-state index contributed by atoms with van der Waals surface area (Å²) in [5.74, 6) is -0.0683. The molecule has 0 fully saturated rings. The van der Waals surface area contributed by atoms with Crippen molar-refractivity contribution < 1.29 is 66.5 Å². The third-order valence-electron chi connectivity index (χ3n) is 7.20. The Morgan fingerprint density at radius 1 is 0.537 bits per heavy atom. The van der Waals surface area contributed by atoms with Crippen LogP contribution < -0.4 is 20.7 Å². The van der Waals surface area contributed by atoms with Gasteiger partial charge in [-0.05, 0) is 0 Å². The number of halogens is 12. The van der Waals surface area contributed by atoms with Gasteiger partial charge >= 0.3 is 222 Å². The molecule has 0 atom stereocenters. The van der Waals surface area contributed by atoms with Crippen molar-refractivity contribution in [1.29, 1.82) is 0 Å². The predicted octanol–water partition coefficient (Wildman–Crippen LogP) is 7.06. The Kier molecular flexibility index (Phi) is 5.96. The second-order valence-corrected chi connectivity index (χ2v) is 13.0. The number of fused-ring (bicyclic) bond motifs is 4. The van der Waals surface area contributed by atoms with E-state index < -0.39 is 70.0 Å². The molecule has 2 aliphatic rings. The molecule has 0 N–H and O–H groups in total. The average molecular weight is 622 g/mol. The molecule has 2 heterocycles. The van der Waals surface area contributed by atoms with E-state index in [0.717, 1.165) is 55.6 Å². The Morgan fingerprint density at radius 3 is 1.20 bits per heavy atom. The first-order chi connectivity index (χ1) is 18.7. The van der Waals surface area contributed by atoms with E-state index in [1.807, 2.05) is 0 Å². The fraction of sp³-hybridized carbons (Fsp3) is 0.280. The molecule has 0 bridgehead atoms. The van der Waals surface area contributed by atoms with Crippen molar-refractivity contribution in [2.24, 2.45) is 0 Å². The molecular weight excluding hydrogens is 607 g/mol. The average Bonchev–Trinajstić information content (AvgIpc) is 3.33. The summed E-state index contributed by atoms with van der Waals surface area (Å²) in [5, 5.41) is -3.41. The Balaban J connectivity index is 2.10. The van der Waals surface area contributed by atoms with E-state index in [-0.39, 0.29) is 5.75 Å². The normalized spacial score (nSPS) is 21.5. The van der Waals surface area contributed by atoms with Gasteiger partial charge in [-0.1, -0.05) is 0 Å². The van der Waals surface area contributed by atoms with E-state index in [9.17, 15) is 52.7 Å². The molecule has 0 saturated carbocycles. The molecule has 0 radical (unpaired) electrons. The van der Waals surface area contributed by atoms with Crippen molar-refractivity contribution in [2.45, 2.75) is 35.9 Å². The molecule has 0 aliphatic carbocycles. The monoisotopic (exact) mass is 622 g/mol. The van der Waals surface area contributed by atoms with E-state index in [1.165, 1.54) is 0 Å². The minimum atomic E-state index is -6.96. The van der Waals surface area contributed by atoms with Gasteiger partial charge in [-0.25, -0.2) is 0 Å². The fourth-order valence-electron chi connectivity index (χ4n) is 5.59. The SMILES string of the molecule is COc1ccc(P23(OC(C(F)(F)F)(C(F)(F)F)c4ccccc42)OC(C(F)(F)F)(C(F)(F)F)c2ccccc23)cc1. The van der Waals surface area contributed by atoms with E-state index in [2.05, 4.69) is 0 Å². The molecule has 3 aromatic rings. The quantitative estimate of drug-likeness (QED) is 0.227. The van der Waals surface area contributed by atoms with Gasteiger partial charge in [0.2, 0.25) is 0 Å². The van der Waals surface area contributed by atoms with Gasteiger partial charge in [0.1, 0.15) is 0 Å². The van der Waals surface area contributed by atoms with Crippen LogP contribution in [0.25, 0.3) is 0 Å². The molecule has 222 valence electrons. The van der Waals surface area contributed by atoms with Crippen molar-refractivity contribution in [1.82, 2.24) is 0 Å². The second-order valence-electron chi connectivity index (χ2n) is 9.23. The number of rotatable bonds is 2. The first-order valence-electron chi connectivity index (χ1n) is 11.3. The van der Waals surface area contributed by atoms with Crippen LogP contribution in [-0.4, -0.2) is 31.8 Å². The molecule has 2 aliphatic heterocycles. The number of hydrogen-bond donors (Lipinski definition) is 0. The van der Waals surface area contributed by atoms with Crippen LogP contribution in [0, 0.1) is 0 Å². The molecule has 0 unspecified atom stereocenters. The maximum absolute atomic E-state index is 14.7. The molecular formula is C25H15F12O3P. The van der Waals surface area contributed by atoms with Gasteiger partial charge in [0, 0.05) is 0 Å². The summed E-state index contributed by atoms with van der Waals surface area (Å²) < 4.78 is 192. The molecule has 3 aromatic carbocycles. The summed E-state index contributed by atoms with van der Waals surface area (Å²) >= 11 is 0. The van der Waals surface area contributed by atoms with Gasteiger partial charge in [-0.15, -0.1) is 0 Å². The zero-order valence-corrected chi connectivity index (χ0v) is 21.0. The van der Waals surface area contributed by atoms with Crippen molar-refractivity contribution in [3.63, 3.8) is 0 Å². The molecule has 5 rings (SSSR count). The van der Waals surface area contributed by atoms with Crippen molar-refractivity contribution in [3.05, 3.63) is 83.9 Å². The summed E-state index contributed by atoms with van der Waals surface area (Å²) in [6, 6.07) is 8.27. The summed E-state index contributed by atoms with van der Waals surface area (Å²) in [6.45, 7) is 0. The maximum atomic E-state index is 14.7. The van der Waals surface area contributed by atoms with Gasteiger partial charge in [-0.2, -0.15) is 0 Å². The van der Waals surface area contributed by atoms with Crippen LogP contribution in [-0.2, 0) is 20.2 Å². The molecule has 41 heavy (non-hydrogen) atoms. The zero-order valence-electron chi connectivity index (χ0n) is 20.1. The molecule has 0 aromatic heterocycles. The van der Waals surface area contributed by atoms with Crippen LogP contribution in [0.1, 0.15) is 11.1 Å². The van der Waals surface area contributed by atoms with Gasteiger partial charge in [-0.3, -0.25) is 0 Å². The van der Waals surface area contributed by atoms with E-state index >= 15 is 0 Å². The van der Waals surface area contributed by atoms with Crippen molar-refractivity contribution in [3.8, 4) is 5.75 Å². The second kappa shape index (κ2) is 8.29. The third kappa shape index (κ3) is 3.30. The number of alkyl halides is 12. The Labute approximate surface area is 222 Å². The summed E-state index contributed by atoms with van der Waals surface area (Å²) in [7, 11) is -5.84. The Morgan fingerprint density at radius 2 is 0.878 bits per heavy atom. The Bertz CT molecular complexity index is 1390. The topological polar surface area (TPSA) is 27.7 Å². The summed E-state index contributed by atoms with van der Waals surface area (Å²) in [4.78, 5) is 0. The van der Waals surface area contributed by atoms with Gasteiger partial charge in [0.05, 0.1) is 0 Å². The number of ether oxygens (including phenoxy) is 1. The van der Waals surface area contributed by atoms with Crippen LogP contribution in [0.15, 0.2) is 72.8 Å². The van der Waals surface area contributed by atoms with Gasteiger partial charge < -0.3 is 0 Å². The third-order valence-corrected chi connectivity index (χ3v) is 12.2. The zero-order chi connectivity index (χ0) is 30.5. The van der Waals surface area contributed by atoms with E-state index in [0.29, 0.717) is 24.3 Å². The predicted molar refractivity (Wildman–Crippen MR) is 121 cm³/mol. The fourth-order valence-corrected chi connectivity index (χ4v) is 11.4. The van der Waals surface area contributed by atoms with Gasteiger partial charge in [0.25, 0.3) is 0 Å². The standard InChI is InChI=1S/C25H15F12O3P/c1-38-14-10-12-15(13-11-14)41(18-8-4-2-6-16(18)20(39-41,22(26,27)28)23(29,30)31)19-9-5-3-7-17(19)21(40-41,24(32,33)34)25(35,36)37/h2-13H,1H3. The molecule has 3 nitrogen and oxygen atoms in total.